The van der Waals surface area contributed by atoms with Gasteiger partial charge in [0.25, 0.3) is 0 Å². The van der Waals surface area contributed by atoms with Crippen molar-refractivity contribution < 1.29 is 13.2 Å². The van der Waals surface area contributed by atoms with E-state index in [1.54, 1.807) is 0 Å². The Labute approximate surface area is 108 Å². The van der Waals surface area contributed by atoms with Crippen LogP contribution in [0.3, 0.4) is 0 Å². The molecule has 0 aliphatic rings. The fourth-order valence-electron chi connectivity index (χ4n) is 1.05. The van der Waals surface area contributed by atoms with E-state index < -0.39 is 21.4 Å². The quantitative estimate of drug-likeness (QED) is 0.637. The van der Waals surface area contributed by atoms with Crippen LogP contribution in [0.25, 0.3) is 0 Å². The summed E-state index contributed by atoms with van der Waals surface area (Å²) in [4.78, 5) is 11.6. The maximum Gasteiger partial charge on any atom is 0.179 e. The van der Waals surface area contributed by atoms with Crippen molar-refractivity contribution in [1.29, 1.82) is 0 Å². The van der Waals surface area contributed by atoms with Gasteiger partial charge >= 0.3 is 0 Å². The lowest BCUT2D eigenvalue weighted by molar-refractivity contribution is 0.102. The van der Waals surface area contributed by atoms with Gasteiger partial charge in [0.2, 0.25) is 0 Å². The Hall–Kier alpha value is -0.290. The number of carbonyl (C=O) groups excluding carboxylic acids is 1. The predicted octanol–water partition coefficient (Wildman–Crippen LogP) is 2.87. The van der Waals surface area contributed by atoms with Crippen molar-refractivity contribution in [1.82, 2.24) is 0 Å². The average Bonchev–Trinajstić information content (AvgIpc) is 2.08. The number of Topliss-reactive ketones (excluding diaryl/α,β-unsaturated/α-hetero) is 1. The van der Waals surface area contributed by atoms with Crippen molar-refractivity contribution in [2.24, 2.45) is 0 Å². The van der Waals surface area contributed by atoms with Gasteiger partial charge in [0.1, 0.15) is 5.75 Å². The molecule has 7 heteroatoms. The number of halogens is 3. The van der Waals surface area contributed by atoms with Gasteiger partial charge in [-0.15, -0.1) is 0 Å². The van der Waals surface area contributed by atoms with Gasteiger partial charge < -0.3 is 0 Å². The molecule has 0 N–H and O–H groups in total. The molecule has 1 aromatic carbocycles. The first kappa shape index (κ1) is 13.8. The van der Waals surface area contributed by atoms with E-state index in [0.717, 1.165) is 6.26 Å². The molecule has 0 atom stereocenters. The lowest BCUT2D eigenvalue weighted by Crippen LogP contribution is -2.15. The van der Waals surface area contributed by atoms with Gasteiger partial charge in [0.15, 0.2) is 15.6 Å². The average molecular weight is 302 g/mol. The van der Waals surface area contributed by atoms with E-state index in [1.807, 2.05) is 0 Å². The van der Waals surface area contributed by atoms with E-state index in [2.05, 4.69) is 0 Å². The summed E-state index contributed by atoms with van der Waals surface area (Å²) in [6.07, 6.45) is 0.969. The molecule has 0 unspecified atom stereocenters. The molecule has 0 bridgehead atoms. The summed E-state index contributed by atoms with van der Waals surface area (Å²) >= 11 is 17.2. The smallest absolute Gasteiger partial charge is 0.179 e. The molecule has 3 nitrogen and oxygen atoms in total. The molecular weight excluding hydrogens is 295 g/mol. The van der Waals surface area contributed by atoms with Gasteiger partial charge in [-0.25, -0.2) is 8.42 Å². The Bertz CT molecular complexity index is 537. The number of sulfone groups is 1. The first-order valence-electron chi connectivity index (χ1n) is 4.06. The molecule has 0 aliphatic heterocycles. The third kappa shape index (κ3) is 3.63. The number of rotatable bonds is 3. The Balaban J connectivity index is 3.15. The van der Waals surface area contributed by atoms with Gasteiger partial charge in [-0.3, -0.25) is 4.79 Å². The standard InChI is InChI=1S/C9H7Cl3O3S/c1-16(14,15)4-9(13)5-2-7(11)8(12)3-6(5)10/h2-3H,4H2,1H3. The van der Waals surface area contributed by atoms with E-state index in [9.17, 15) is 13.2 Å². The van der Waals surface area contributed by atoms with Crippen LogP contribution >= 0.6 is 34.8 Å². The van der Waals surface area contributed by atoms with Crippen LogP contribution in [0.4, 0.5) is 0 Å². The fourth-order valence-corrected chi connectivity index (χ4v) is 2.34. The zero-order valence-electron chi connectivity index (χ0n) is 8.13. The number of hydrogen-bond donors (Lipinski definition) is 0. The van der Waals surface area contributed by atoms with Crippen molar-refractivity contribution in [2.45, 2.75) is 0 Å². The number of ketones is 1. The molecule has 0 heterocycles. The summed E-state index contributed by atoms with van der Waals surface area (Å²) in [5, 5.41) is 0.452. The van der Waals surface area contributed by atoms with Crippen LogP contribution in [0.2, 0.25) is 15.1 Å². The first-order chi connectivity index (χ1) is 7.20. The molecule has 0 saturated heterocycles. The van der Waals surface area contributed by atoms with Crippen LogP contribution in [-0.4, -0.2) is 26.2 Å². The zero-order valence-corrected chi connectivity index (χ0v) is 11.2. The number of benzene rings is 1. The molecule has 1 rings (SSSR count). The van der Waals surface area contributed by atoms with Crippen LogP contribution in [0, 0.1) is 0 Å². The minimum atomic E-state index is -3.40. The van der Waals surface area contributed by atoms with Crippen molar-refractivity contribution in [3.63, 3.8) is 0 Å². The molecule has 88 valence electrons. The molecule has 1 aromatic rings. The van der Waals surface area contributed by atoms with Crippen molar-refractivity contribution >= 4 is 50.4 Å². The minimum absolute atomic E-state index is 0.0569. The lowest BCUT2D eigenvalue weighted by Gasteiger charge is -2.04. The third-order valence-electron chi connectivity index (χ3n) is 1.70. The minimum Gasteiger partial charge on any atom is -0.293 e. The Morgan fingerprint density at radius 3 is 2.12 bits per heavy atom. The van der Waals surface area contributed by atoms with Gasteiger partial charge in [0, 0.05) is 11.8 Å². The Morgan fingerprint density at radius 1 is 1.12 bits per heavy atom. The normalized spacial score (nSPS) is 11.5. The molecule has 0 saturated carbocycles. The van der Waals surface area contributed by atoms with Crippen LogP contribution < -0.4 is 0 Å². The largest absolute Gasteiger partial charge is 0.293 e. The Morgan fingerprint density at radius 2 is 1.62 bits per heavy atom. The predicted molar refractivity (Wildman–Crippen MR) is 65.5 cm³/mol. The van der Waals surface area contributed by atoms with Crippen molar-refractivity contribution in [2.75, 3.05) is 12.0 Å². The summed E-state index contributed by atoms with van der Waals surface area (Å²) in [5.41, 5.74) is 0.0569. The monoisotopic (exact) mass is 300 g/mol. The van der Waals surface area contributed by atoms with Gasteiger partial charge in [-0.2, -0.15) is 0 Å². The summed E-state index contributed by atoms with van der Waals surface area (Å²) in [5.74, 6) is -1.21. The topological polar surface area (TPSA) is 51.2 Å². The van der Waals surface area contributed by atoms with Crippen LogP contribution in [0.15, 0.2) is 12.1 Å². The second-order valence-electron chi connectivity index (χ2n) is 3.24. The van der Waals surface area contributed by atoms with E-state index in [1.165, 1.54) is 12.1 Å². The fraction of sp³-hybridized carbons (Fsp3) is 0.222. The molecule has 0 amide bonds. The number of hydrogen-bond acceptors (Lipinski definition) is 3. The maximum absolute atomic E-state index is 11.6. The molecule has 0 radical (unpaired) electrons. The third-order valence-corrected chi connectivity index (χ3v) is 3.53. The second kappa shape index (κ2) is 4.92. The first-order valence-corrected chi connectivity index (χ1v) is 7.25. The van der Waals surface area contributed by atoms with Crippen LogP contribution in [-0.2, 0) is 9.84 Å². The molecule has 0 aromatic heterocycles. The highest BCUT2D eigenvalue weighted by Crippen LogP contribution is 2.29. The van der Waals surface area contributed by atoms with E-state index in [-0.39, 0.29) is 20.6 Å². The summed E-state index contributed by atoms with van der Waals surface area (Å²) in [7, 11) is -3.40. The van der Waals surface area contributed by atoms with Crippen molar-refractivity contribution in [3.8, 4) is 0 Å². The molecule has 16 heavy (non-hydrogen) atoms. The molecule has 0 aliphatic carbocycles. The van der Waals surface area contributed by atoms with E-state index in [4.69, 9.17) is 34.8 Å². The molecular formula is C9H7Cl3O3S. The van der Waals surface area contributed by atoms with Crippen LogP contribution in [0.1, 0.15) is 10.4 Å². The summed E-state index contributed by atoms with van der Waals surface area (Å²) < 4.78 is 21.9. The van der Waals surface area contributed by atoms with Crippen LogP contribution in [0.5, 0.6) is 0 Å². The van der Waals surface area contributed by atoms with E-state index >= 15 is 0 Å². The highest BCUT2D eigenvalue weighted by molar-refractivity contribution is 7.91. The van der Waals surface area contributed by atoms with E-state index in [0.29, 0.717) is 0 Å². The lowest BCUT2D eigenvalue weighted by atomic mass is 10.1. The second-order valence-corrected chi connectivity index (χ2v) is 6.60. The van der Waals surface area contributed by atoms with Gasteiger partial charge in [-0.1, -0.05) is 34.8 Å². The zero-order chi connectivity index (χ0) is 12.5. The summed E-state index contributed by atoms with van der Waals surface area (Å²) in [6, 6.07) is 2.57. The highest BCUT2D eigenvalue weighted by Gasteiger charge is 2.17. The molecule has 0 spiro atoms. The number of carbonyl (C=O) groups is 1. The van der Waals surface area contributed by atoms with Gasteiger partial charge in [0.05, 0.1) is 15.1 Å². The van der Waals surface area contributed by atoms with Crippen molar-refractivity contribution in [3.05, 3.63) is 32.8 Å². The maximum atomic E-state index is 11.6. The SMILES string of the molecule is CS(=O)(=O)CC(=O)c1cc(Cl)c(Cl)cc1Cl. The summed E-state index contributed by atoms with van der Waals surface area (Å²) in [6.45, 7) is 0. The Kier molecular flexibility index (Phi) is 4.23. The molecule has 0 fully saturated rings. The van der Waals surface area contributed by atoms with Gasteiger partial charge in [-0.05, 0) is 12.1 Å². The highest BCUT2D eigenvalue weighted by atomic mass is 35.5.